The lowest BCUT2D eigenvalue weighted by molar-refractivity contribution is 0.436. The smallest absolute Gasteiger partial charge is 0.136 e. The van der Waals surface area contributed by atoms with Crippen LogP contribution in [0.3, 0.4) is 0 Å². The summed E-state index contributed by atoms with van der Waals surface area (Å²) in [4.78, 5) is 2.49. The fraction of sp³-hybridized carbons (Fsp3) is 0.0149. The molecule has 11 aromatic carbocycles. The first kappa shape index (κ1) is 39.9. The number of fused-ring (bicyclic) bond motifs is 12. The van der Waals surface area contributed by atoms with Crippen molar-refractivity contribution in [3.05, 3.63) is 283 Å². The Balaban J connectivity index is 1.05. The Kier molecular flexibility index (Phi) is 9.11. The molecule has 0 fully saturated rings. The first-order chi connectivity index (χ1) is 34.7. The van der Waals surface area contributed by atoms with Gasteiger partial charge >= 0.3 is 0 Å². The van der Waals surface area contributed by atoms with Crippen LogP contribution in [0.4, 0.5) is 17.1 Å². The predicted octanol–water partition coefficient (Wildman–Crippen LogP) is 18.2. The van der Waals surface area contributed by atoms with Gasteiger partial charge in [0.05, 0.1) is 16.8 Å². The monoisotopic (exact) mass is 893 g/mol. The van der Waals surface area contributed by atoms with Gasteiger partial charge in [-0.2, -0.15) is 0 Å². The molecule has 0 saturated carbocycles. The Morgan fingerprint density at radius 3 is 1.54 bits per heavy atom. The lowest BCUT2D eigenvalue weighted by Crippen LogP contribution is -2.32. The summed E-state index contributed by atoms with van der Waals surface area (Å²) >= 11 is 0. The van der Waals surface area contributed by atoms with Gasteiger partial charge in [-0.15, -0.1) is 0 Å². The fourth-order valence-corrected chi connectivity index (χ4v) is 11.5. The highest BCUT2D eigenvalue weighted by Gasteiger charge is 2.51. The summed E-state index contributed by atoms with van der Waals surface area (Å²) in [6.45, 7) is 0. The second-order valence-electron chi connectivity index (χ2n) is 18.3. The van der Waals surface area contributed by atoms with E-state index in [4.69, 9.17) is 9.15 Å². The topological polar surface area (TPSA) is 25.6 Å². The zero-order valence-electron chi connectivity index (χ0n) is 38.1. The maximum atomic E-state index is 6.76. The molecule has 2 heterocycles. The van der Waals surface area contributed by atoms with Gasteiger partial charge in [-0.1, -0.05) is 200 Å². The maximum absolute atomic E-state index is 6.76. The molecule has 1 spiro atoms. The van der Waals surface area contributed by atoms with E-state index in [2.05, 4.69) is 254 Å². The molecule has 0 amide bonds. The Hall–Kier alpha value is -9.18. The van der Waals surface area contributed by atoms with Crippen molar-refractivity contribution in [2.75, 3.05) is 4.90 Å². The Labute approximate surface area is 406 Å². The van der Waals surface area contributed by atoms with E-state index in [1.54, 1.807) is 0 Å². The number of hydrogen-bond donors (Lipinski definition) is 0. The van der Waals surface area contributed by atoms with Crippen molar-refractivity contribution in [2.45, 2.75) is 5.41 Å². The van der Waals surface area contributed by atoms with Crippen LogP contribution in [0.15, 0.2) is 265 Å². The van der Waals surface area contributed by atoms with E-state index >= 15 is 0 Å². The SMILES string of the molecule is c1ccc(-c2ccccc2-c2ccc(N(c3ccc4c(c3)C3(c5ccccc5Oc5ccccc53)c3ccccc3-4)c3ccccc3-c3ccc4c(c3)oc3ccccc34)c(-c3ccccc3)c2)cc1. The van der Waals surface area contributed by atoms with Crippen molar-refractivity contribution in [1.29, 1.82) is 0 Å². The summed E-state index contributed by atoms with van der Waals surface area (Å²) in [5.74, 6) is 1.74. The minimum Gasteiger partial charge on any atom is -0.457 e. The van der Waals surface area contributed by atoms with Crippen molar-refractivity contribution in [3.63, 3.8) is 0 Å². The zero-order valence-corrected chi connectivity index (χ0v) is 38.1. The molecule has 1 aliphatic heterocycles. The largest absolute Gasteiger partial charge is 0.457 e. The van der Waals surface area contributed by atoms with Crippen LogP contribution in [0, 0.1) is 0 Å². The van der Waals surface area contributed by atoms with Gasteiger partial charge < -0.3 is 14.1 Å². The quantitative estimate of drug-likeness (QED) is 0.159. The van der Waals surface area contributed by atoms with E-state index in [9.17, 15) is 0 Å². The number of ether oxygens (including phenoxy) is 1. The molecule has 0 bridgehead atoms. The third kappa shape index (κ3) is 6.08. The molecule has 3 nitrogen and oxygen atoms in total. The van der Waals surface area contributed by atoms with E-state index in [-0.39, 0.29) is 0 Å². The van der Waals surface area contributed by atoms with Gasteiger partial charge in [0.15, 0.2) is 0 Å². The summed E-state index contributed by atoms with van der Waals surface area (Å²) in [7, 11) is 0. The van der Waals surface area contributed by atoms with Crippen LogP contribution in [-0.4, -0.2) is 0 Å². The molecule has 70 heavy (non-hydrogen) atoms. The molecule has 0 saturated heterocycles. The van der Waals surface area contributed by atoms with Crippen LogP contribution in [-0.2, 0) is 5.41 Å². The first-order valence-electron chi connectivity index (χ1n) is 24.0. The number of anilines is 3. The molecule has 0 N–H and O–H groups in total. The van der Waals surface area contributed by atoms with Gasteiger partial charge in [0, 0.05) is 38.7 Å². The van der Waals surface area contributed by atoms with Gasteiger partial charge in [0.25, 0.3) is 0 Å². The summed E-state index contributed by atoms with van der Waals surface area (Å²) in [5.41, 5.74) is 20.5. The number of hydrogen-bond acceptors (Lipinski definition) is 3. The van der Waals surface area contributed by atoms with Crippen LogP contribution in [0.2, 0.25) is 0 Å². The number of furan rings is 1. The normalized spacial score (nSPS) is 12.8. The van der Waals surface area contributed by atoms with Crippen molar-refractivity contribution in [2.24, 2.45) is 0 Å². The van der Waals surface area contributed by atoms with Crippen molar-refractivity contribution in [3.8, 4) is 67.1 Å². The molecule has 1 aliphatic carbocycles. The lowest BCUT2D eigenvalue weighted by atomic mass is 9.66. The number of rotatable bonds is 7. The van der Waals surface area contributed by atoms with Gasteiger partial charge in [-0.05, 0) is 116 Å². The third-order valence-corrected chi connectivity index (χ3v) is 14.6. The molecular weight excluding hydrogens is 851 g/mol. The van der Waals surface area contributed by atoms with E-state index in [0.717, 1.165) is 89.4 Å². The molecule has 3 heteroatoms. The molecule has 2 aliphatic rings. The number of nitrogens with zero attached hydrogens (tertiary/aromatic N) is 1. The summed E-state index contributed by atoms with van der Waals surface area (Å²) < 4.78 is 13.3. The zero-order chi connectivity index (χ0) is 46.2. The molecular formula is C67H43NO2. The second-order valence-corrected chi connectivity index (χ2v) is 18.3. The Morgan fingerprint density at radius 2 is 0.800 bits per heavy atom. The summed E-state index contributed by atoms with van der Waals surface area (Å²) in [5, 5.41) is 2.22. The standard InChI is InChI=1S/C67H43NO2/c1-3-19-44(20-4-1)49-23-7-8-24-50(49)46-36-40-62(56(41-46)45-21-5-2-6-22-45)68(61-31-15-10-25-51(61)47-35-38-55-54-27-11-16-32-63(54)69-66(55)42-47)48-37-39-53-52-26-9-12-28-57(52)67(60(53)43-48)58-29-13-17-33-64(58)70-65-34-18-14-30-59(65)67/h1-43H. The van der Waals surface area contributed by atoms with E-state index in [1.807, 2.05) is 12.1 Å². The van der Waals surface area contributed by atoms with Gasteiger partial charge in [0.2, 0.25) is 0 Å². The fourth-order valence-electron chi connectivity index (χ4n) is 11.5. The number of para-hydroxylation sites is 4. The summed E-state index contributed by atoms with van der Waals surface area (Å²) in [6.07, 6.45) is 0. The minimum absolute atomic E-state index is 0.641. The van der Waals surface area contributed by atoms with Crippen LogP contribution in [0.1, 0.15) is 22.3 Å². The maximum Gasteiger partial charge on any atom is 0.136 e. The van der Waals surface area contributed by atoms with E-state index in [0.29, 0.717) is 0 Å². The predicted molar refractivity (Wildman–Crippen MR) is 288 cm³/mol. The highest BCUT2D eigenvalue weighted by atomic mass is 16.5. The molecule has 1 aromatic heterocycles. The second kappa shape index (κ2) is 16.0. The molecule has 12 aromatic rings. The van der Waals surface area contributed by atoms with Crippen LogP contribution in [0.25, 0.3) is 77.6 Å². The van der Waals surface area contributed by atoms with Crippen LogP contribution >= 0.6 is 0 Å². The molecule has 328 valence electrons. The van der Waals surface area contributed by atoms with Crippen LogP contribution in [0.5, 0.6) is 11.5 Å². The van der Waals surface area contributed by atoms with Crippen LogP contribution < -0.4 is 9.64 Å². The molecule has 0 radical (unpaired) electrons. The van der Waals surface area contributed by atoms with Gasteiger partial charge in [-0.3, -0.25) is 0 Å². The van der Waals surface area contributed by atoms with Crippen molar-refractivity contribution < 1.29 is 9.15 Å². The van der Waals surface area contributed by atoms with Crippen molar-refractivity contribution in [1.82, 2.24) is 0 Å². The van der Waals surface area contributed by atoms with Crippen molar-refractivity contribution >= 4 is 39.0 Å². The Morgan fingerprint density at radius 1 is 0.286 bits per heavy atom. The van der Waals surface area contributed by atoms with Gasteiger partial charge in [-0.25, -0.2) is 0 Å². The average molecular weight is 894 g/mol. The molecule has 14 rings (SSSR count). The van der Waals surface area contributed by atoms with Gasteiger partial charge in [0.1, 0.15) is 22.7 Å². The molecule has 0 atom stereocenters. The lowest BCUT2D eigenvalue weighted by Gasteiger charge is -2.39. The Bertz CT molecular complexity index is 3950. The summed E-state index contributed by atoms with van der Waals surface area (Å²) in [6, 6.07) is 94.3. The third-order valence-electron chi connectivity index (χ3n) is 14.6. The highest BCUT2D eigenvalue weighted by Crippen LogP contribution is 2.63. The minimum atomic E-state index is -0.641. The highest BCUT2D eigenvalue weighted by molar-refractivity contribution is 6.07. The first-order valence-corrected chi connectivity index (χ1v) is 24.0. The van der Waals surface area contributed by atoms with E-state index < -0.39 is 5.41 Å². The average Bonchev–Trinajstić information content (AvgIpc) is 3.95. The number of benzene rings is 11. The van der Waals surface area contributed by atoms with E-state index in [1.165, 1.54) is 38.9 Å². The molecule has 0 unspecified atom stereocenters.